The monoisotopic (exact) mass is 256 g/mol. The highest BCUT2D eigenvalue weighted by molar-refractivity contribution is 8.15. The zero-order valence-corrected chi connectivity index (χ0v) is 10.0. The van der Waals surface area contributed by atoms with Gasteiger partial charge in [-0.3, -0.25) is 14.5 Å². The van der Waals surface area contributed by atoms with Crippen molar-refractivity contribution in [3.8, 4) is 0 Å². The Morgan fingerprint density at radius 1 is 1.31 bits per heavy atom. The topological polar surface area (TPSA) is 49.4 Å². The average molecular weight is 257 g/mol. The predicted molar refractivity (Wildman–Crippen MR) is 64.6 cm³/mol. The molecule has 84 valence electrons. The van der Waals surface area contributed by atoms with Crippen LogP contribution in [0.4, 0.5) is 10.5 Å². The minimum atomic E-state index is -0.543. The van der Waals surface area contributed by atoms with Crippen LogP contribution < -0.4 is 5.32 Å². The van der Waals surface area contributed by atoms with Crippen LogP contribution in [-0.2, 0) is 4.79 Å². The summed E-state index contributed by atoms with van der Waals surface area (Å²) in [6.45, 7) is 0. The van der Waals surface area contributed by atoms with Crippen LogP contribution in [0.25, 0.3) is 0 Å². The fourth-order valence-corrected chi connectivity index (χ4v) is 2.31. The second-order valence-electron chi connectivity index (χ2n) is 3.31. The van der Waals surface area contributed by atoms with Gasteiger partial charge in [-0.05, 0) is 36.0 Å². The van der Waals surface area contributed by atoms with Crippen LogP contribution in [0.3, 0.4) is 0 Å². The molecule has 1 aromatic carbocycles. The van der Waals surface area contributed by atoms with Crippen molar-refractivity contribution in [3.05, 3.63) is 29.3 Å². The summed E-state index contributed by atoms with van der Waals surface area (Å²) in [4.78, 5) is 23.9. The highest BCUT2D eigenvalue weighted by atomic mass is 35.5. The third-order valence-electron chi connectivity index (χ3n) is 2.19. The molecule has 4 nitrogen and oxygen atoms in total. The maximum absolute atomic E-state index is 11.6. The first-order valence-corrected chi connectivity index (χ1v) is 5.84. The number of nitrogens with zero attached hydrogens (tertiary/aromatic N) is 1. The van der Waals surface area contributed by atoms with E-state index in [4.69, 9.17) is 11.6 Å². The Labute approximate surface area is 102 Å². The molecule has 16 heavy (non-hydrogen) atoms. The molecule has 0 saturated carbocycles. The van der Waals surface area contributed by atoms with Gasteiger partial charge in [0.15, 0.2) is 5.37 Å². The molecule has 6 heteroatoms. The number of thioether (sulfide) groups is 1. The Kier molecular flexibility index (Phi) is 3.07. The Bertz CT molecular complexity index is 435. The lowest BCUT2D eigenvalue weighted by molar-refractivity contribution is -0.125. The SMILES string of the molecule is CN1C(=O)S[C@H](Nc2ccc(Cl)cc2)C1=O. The fourth-order valence-electron chi connectivity index (χ4n) is 1.28. The second-order valence-corrected chi connectivity index (χ2v) is 4.81. The van der Waals surface area contributed by atoms with Gasteiger partial charge in [-0.1, -0.05) is 11.6 Å². The molecule has 1 aromatic rings. The van der Waals surface area contributed by atoms with E-state index in [1.807, 2.05) is 0 Å². The Balaban J connectivity index is 2.09. The third kappa shape index (κ3) is 2.15. The largest absolute Gasteiger partial charge is 0.365 e. The highest BCUT2D eigenvalue weighted by Crippen LogP contribution is 2.27. The first-order valence-electron chi connectivity index (χ1n) is 4.58. The lowest BCUT2D eigenvalue weighted by Gasteiger charge is -2.10. The van der Waals surface area contributed by atoms with Crippen molar-refractivity contribution in [2.24, 2.45) is 0 Å². The number of halogens is 1. The summed E-state index contributed by atoms with van der Waals surface area (Å²) >= 11 is 6.72. The fraction of sp³-hybridized carbons (Fsp3) is 0.200. The molecule has 1 fully saturated rings. The molecule has 0 spiro atoms. The van der Waals surface area contributed by atoms with Crippen LogP contribution in [0.2, 0.25) is 5.02 Å². The Morgan fingerprint density at radius 2 is 1.94 bits per heavy atom. The molecule has 1 N–H and O–H groups in total. The number of hydrogen-bond acceptors (Lipinski definition) is 4. The van der Waals surface area contributed by atoms with E-state index in [0.29, 0.717) is 5.02 Å². The lowest BCUT2D eigenvalue weighted by Crippen LogP contribution is -2.31. The van der Waals surface area contributed by atoms with Crippen molar-refractivity contribution in [3.63, 3.8) is 0 Å². The molecule has 1 atom stereocenters. The van der Waals surface area contributed by atoms with E-state index in [2.05, 4.69) is 5.32 Å². The number of rotatable bonds is 2. The predicted octanol–water partition coefficient (Wildman–Crippen LogP) is 2.40. The quantitative estimate of drug-likeness (QED) is 0.883. The number of nitrogens with one attached hydrogen (secondary N) is 1. The molecule has 0 bridgehead atoms. The standard InChI is InChI=1S/C10H9ClN2O2S/c1-13-9(14)8(16-10(13)15)12-7-4-2-6(11)3-5-7/h2-5,8,12H,1H3/t8-/m0/s1. The minimum absolute atomic E-state index is 0.232. The van der Waals surface area contributed by atoms with Crippen molar-refractivity contribution in [1.29, 1.82) is 0 Å². The highest BCUT2D eigenvalue weighted by Gasteiger charge is 2.36. The van der Waals surface area contributed by atoms with E-state index in [9.17, 15) is 9.59 Å². The van der Waals surface area contributed by atoms with Crippen molar-refractivity contribution in [1.82, 2.24) is 4.90 Å². The van der Waals surface area contributed by atoms with Crippen LogP contribution in [0, 0.1) is 0 Å². The summed E-state index contributed by atoms with van der Waals surface area (Å²) in [5, 5.41) is 2.82. The van der Waals surface area contributed by atoms with E-state index in [1.54, 1.807) is 24.3 Å². The molecule has 1 saturated heterocycles. The van der Waals surface area contributed by atoms with Crippen LogP contribution >= 0.6 is 23.4 Å². The second kappa shape index (κ2) is 4.35. The molecule has 0 aromatic heterocycles. The normalized spacial score (nSPS) is 20.4. The van der Waals surface area contributed by atoms with Gasteiger partial charge in [0.25, 0.3) is 11.1 Å². The van der Waals surface area contributed by atoms with Gasteiger partial charge < -0.3 is 5.32 Å². The van der Waals surface area contributed by atoms with Crippen LogP contribution in [0.1, 0.15) is 0 Å². The third-order valence-corrected chi connectivity index (χ3v) is 3.47. The molecule has 1 aliphatic rings. The number of benzene rings is 1. The van der Waals surface area contributed by atoms with Gasteiger partial charge in [0.1, 0.15) is 0 Å². The maximum Gasteiger partial charge on any atom is 0.290 e. The number of hydrogen-bond donors (Lipinski definition) is 1. The van der Waals surface area contributed by atoms with Gasteiger partial charge in [0.2, 0.25) is 0 Å². The average Bonchev–Trinajstić information content (AvgIpc) is 2.50. The van der Waals surface area contributed by atoms with Crippen molar-refractivity contribution >= 4 is 40.2 Å². The number of imide groups is 1. The van der Waals surface area contributed by atoms with E-state index in [1.165, 1.54) is 7.05 Å². The number of carbonyl (C=O) groups is 2. The van der Waals surface area contributed by atoms with E-state index >= 15 is 0 Å². The number of carbonyl (C=O) groups excluding carboxylic acids is 2. The maximum atomic E-state index is 11.6. The van der Waals surface area contributed by atoms with Crippen LogP contribution in [-0.4, -0.2) is 28.5 Å². The van der Waals surface area contributed by atoms with Gasteiger partial charge in [-0.2, -0.15) is 0 Å². The smallest absolute Gasteiger partial charge is 0.290 e. The van der Waals surface area contributed by atoms with Gasteiger partial charge in [0, 0.05) is 17.8 Å². The van der Waals surface area contributed by atoms with E-state index in [0.717, 1.165) is 22.3 Å². The molecule has 2 amide bonds. The summed E-state index contributed by atoms with van der Waals surface area (Å²) in [5.41, 5.74) is 0.762. The zero-order valence-electron chi connectivity index (χ0n) is 8.44. The number of anilines is 1. The van der Waals surface area contributed by atoms with Gasteiger partial charge in [-0.25, -0.2) is 0 Å². The minimum Gasteiger partial charge on any atom is -0.365 e. The van der Waals surface area contributed by atoms with E-state index < -0.39 is 5.37 Å². The van der Waals surface area contributed by atoms with Crippen molar-refractivity contribution < 1.29 is 9.59 Å². The molecular formula is C10H9ClN2O2S. The summed E-state index contributed by atoms with van der Waals surface area (Å²) < 4.78 is 0. The molecule has 0 aliphatic carbocycles. The summed E-state index contributed by atoms with van der Waals surface area (Å²) in [6.07, 6.45) is 0. The molecule has 0 radical (unpaired) electrons. The molecule has 1 aliphatic heterocycles. The first kappa shape index (κ1) is 11.3. The Morgan fingerprint density at radius 3 is 2.44 bits per heavy atom. The van der Waals surface area contributed by atoms with Gasteiger partial charge in [-0.15, -0.1) is 0 Å². The van der Waals surface area contributed by atoms with Gasteiger partial charge in [0.05, 0.1) is 0 Å². The van der Waals surface area contributed by atoms with Crippen LogP contribution in [0.15, 0.2) is 24.3 Å². The van der Waals surface area contributed by atoms with Gasteiger partial charge >= 0.3 is 0 Å². The summed E-state index contributed by atoms with van der Waals surface area (Å²) in [5.74, 6) is -0.232. The number of amides is 2. The summed E-state index contributed by atoms with van der Waals surface area (Å²) in [7, 11) is 1.47. The lowest BCUT2D eigenvalue weighted by atomic mass is 10.3. The van der Waals surface area contributed by atoms with Crippen molar-refractivity contribution in [2.75, 3.05) is 12.4 Å². The molecule has 2 rings (SSSR count). The first-order chi connectivity index (χ1) is 7.58. The molecule has 0 unspecified atom stereocenters. The molecular weight excluding hydrogens is 248 g/mol. The van der Waals surface area contributed by atoms with E-state index in [-0.39, 0.29) is 11.1 Å². The van der Waals surface area contributed by atoms with Crippen LogP contribution in [0.5, 0.6) is 0 Å². The zero-order chi connectivity index (χ0) is 11.7. The Hall–Kier alpha value is -1.20. The van der Waals surface area contributed by atoms with Crippen molar-refractivity contribution in [2.45, 2.75) is 5.37 Å². The summed E-state index contributed by atoms with van der Waals surface area (Å²) in [6, 6.07) is 6.97. The molecule has 1 heterocycles. The number of likely N-dealkylation sites (N-methyl/N-ethyl adjacent to an activating group) is 1.